The van der Waals surface area contributed by atoms with Crippen molar-refractivity contribution in [3.05, 3.63) is 87.9 Å². The molecule has 3 aromatic rings. The highest BCUT2D eigenvalue weighted by Crippen LogP contribution is 2.40. The van der Waals surface area contributed by atoms with Crippen molar-refractivity contribution in [1.29, 1.82) is 0 Å². The summed E-state index contributed by atoms with van der Waals surface area (Å²) in [5.41, 5.74) is 1.46. The standard InChI is InChI=1S/C31H30Cl2N4O5/c32-23-8-6-21(25(33)17-23)10-13-34-28(38)18-36-19-37(24-4-2-1-3-5-24)31(30(36)40)11-14-35(15-12-31)29(39)22-7-9-26-27(16-22)42-20-41-26/h1-9,16-17H,10-15,18-20H2,(H,34,38). The zero-order valence-corrected chi connectivity index (χ0v) is 24.4. The van der Waals surface area contributed by atoms with Crippen LogP contribution in [0.3, 0.4) is 0 Å². The number of ether oxygens (including phenoxy) is 2. The largest absolute Gasteiger partial charge is 0.454 e. The van der Waals surface area contributed by atoms with E-state index in [0.717, 1.165) is 11.3 Å². The minimum atomic E-state index is -0.843. The topological polar surface area (TPSA) is 91.4 Å². The van der Waals surface area contributed by atoms with E-state index in [1.54, 1.807) is 40.1 Å². The molecule has 0 radical (unpaired) electrons. The summed E-state index contributed by atoms with van der Waals surface area (Å²) in [5.74, 6) is 0.723. The van der Waals surface area contributed by atoms with Gasteiger partial charge in [0.25, 0.3) is 11.8 Å². The quantitative estimate of drug-likeness (QED) is 0.428. The van der Waals surface area contributed by atoms with Crippen LogP contribution in [-0.2, 0) is 16.0 Å². The molecule has 0 atom stereocenters. The lowest BCUT2D eigenvalue weighted by Crippen LogP contribution is -2.57. The molecule has 9 nitrogen and oxygen atoms in total. The van der Waals surface area contributed by atoms with Crippen molar-refractivity contribution in [3.8, 4) is 11.5 Å². The fraction of sp³-hybridized carbons (Fsp3) is 0.323. The van der Waals surface area contributed by atoms with Crippen molar-refractivity contribution >= 4 is 46.6 Å². The summed E-state index contributed by atoms with van der Waals surface area (Å²) in [5, 5.41) is 4.02. The second kappa shape index (κ2) is 11.7. The maximum Gasteiger partial charge on any atom is 0.253 e. The Morgan fingerprint density at radius 3 is 2.45 bits per heavy atom. The fourth-order valence-electron chi connectivity index (χ4n) is 5.90. The third-order valence-electron chi connectivity index (χ3n) is 8.15. The minimum absolute atomic E-state index is 0.0574. The molecule has 3 amide bonds. The number of carbonyl (C=O) groups is 3. The molecule has 11 heteroatoms. The highest BCUT2D eigenvalue weighted by Gasteiger charge is 2.54. The minimum Gasteiger partial charge on any atom is -0.454 e. The Morgan fingerprint density at radius 1 is 0.929 bits per heavy atom. The molecule has 218 valence electrons. The van der Waals surface area contributed by atoms with Crippen LogP contribution in [0.25, 0.3) is 0 Å². The average Bonchev–Trinajstić information content (AvgIpc) is 3.57. The molecule has 3 aromatic carbocycles. The maximum absolute atomic E-state index is 14.0. The second-order valence-corrected chi connectivity index (χ2v) is 11.5. The number of halogens is 2. The summed E-state index contributed by atoms with van der Waals surface area (Å²) >= 11 is 12.2. The van der Waals surface area contributed by atoms with Crippen molar-refractivity contribution in [2.45, 2.75) is 24.8 Å². The Kier molecular flexibility index (Phi) is 7.88. The van der Waals surface area contributed by atoms with Crippen LogP contribution in [0.4, 0.5) is 5.69 Å². The number of anilines is 1. The van der Waals surface area contributed by atoms with Crippen molar-refractivity contribution < 1.29 is 23.9 Å². The zero-order valence-electron chi connectivity index (χ0n) is 22.9. The van der Waals surface area contributed by atoms with Gasteiger partial charge in [-0.05, 0) is 67.3 Å². The summed E-state index contributed by atoms with van der Waals surface area (Å²) in [4.78, 5) is 45.7. The number of fused-ring (bicyclic) bond motifs is 1. The molecule has 0 aromatic heterocycles. The van der Waals surface area contributed by atoms with Gasteiger partial charge in [0.2, 0.25) is 12.7 Å². The molecule has 3 heterocycles. The molecule has 6 rings (SSSR count). The lowest BCUT2D eigenvalue weighted by atomic mass is 9.85. The van der Waals surface area contributed by atoms with Crippen LogP contribution in [0.15, 0.2) is 66.7 Å². The molecule has 0 aliphatic carbocycles. The number of para-hydroxylation sites is 1. The van der Waals surface area contributed by atoms with E-state index in [1.165, 1.54) is 0 Å². The molecular weight excluding hydrogens is 579 g/mol. The third-order valence-corrected chi connectivity index (χ3v) is 8.73. The Labute approximate surface area is 253 Å². The summed E-state index contributed by atoms with van der Waals surface area (Å²) in [6.45, 7) is 1.57. The Morgan fingerprint density at radius 2 is 1.69 bits per heavy atom. The predicted molar refractivity (Wildman–Crippen MR) is 159 cm³/mol. The number of piperidine rings is 1. The van der Waals surface area contributed by atoms with Gasteiger partial charge in [0.1, 0.15) is 12.1 Å². The van der Waals surface area contributed by atoms with Gasteiger partial charge in [-0.2, -0.15) is 0 Å². The summed E-state index contributed by atoms with van der Waals surface area (Å²) in [6.07, 6.45) is 1.44. The number of hydrogen-bond donors (Lipinski definition) is 1. The van der Waals surface area contributed by atoms with Crippen LogP contribution < -0.4 is 19.7 Å². The van der Waals surface area contributed by atoms with Crippen LogP contribution in [0.5, 0.6) is 11.5 Å². The van der Waals surface area contributed by atoms with E-state index in [2.05, 4.69) is 10.2 Å². The van der Waals surface area contributed by atoms with E-state index < -0.39 is 5.54 Å². The first-order chi connectivity index (χ1) is 20.3. The van der Waals surface area contributed by atoms with E-state index >= 15 is 0 Å². The molecule has 2 saturated heterocycles. The molecular formula is C31H30Cl2N4O5. The summed E-state index contributed by atoms with van der Waals surface area (Å²) in [7, 11) is 0. The van der Waals surface area contributed by atoms with Gasteiger partial charge in [0.05, 0.1) is 6.67 Å². The lowest BCUT2D eigenvalue weighted by Gasteiger charge is -2.43. The van der Waals surface area contributed by atoms with E-state index in [9.17, 15) is 14.4 Å². The molecule has 0 unspecified atom stereocenters. The Hall–Kier alpha value is -3.95. The number of rotatable bonds is 7. The lowest BCUT2D eigenvalue weighted by molar-refractivity contribution is -0.137. The van der Waals surface area contributed by atoms with E-state index in [-0.39, 0.29) is 37.7 Å². The van der Waals surface area contributed by atoms with Crippen molar-refractivity contribution in [2.75, 3.05) is 44.5 Å². The number of nitrogens with one attached hydrogen (secondary N) is 1. The first-order valence-corrected chi connectivity index (χ1v) is 14.6. The highest BCUT2D eigenvalue weighted by molar-refractivity contribution is 6.35. The first kappa shape index (κ1) is 28.2. The highest BCUT2D eigenvalue weighted by atomic mass is 35.5. The van der Waals surface area contributed by atoms with Gasteiger partial charge < -0.3 is 29.5 Å². The Balaban J connectivity index is 1.12. The van der Waals surface area contributed by atoms with Gasteiger partial charge >= 0.3 is 0 Å². The summed E-state index contributed by atoms with van der Waals surface area (Å²) in [6, 6.07) is 20.2. The molecule has 1 N–H and O–H groups in total. The number of carbonyl (C=O) groups excluding carboxylic acids is 3. The third kappa shape index (κ3) is 5.46. The Bertz CT molecular complexity index is 1510. The maximum atomic E-state index is 14.0. The molecule has 3 aliphatic rings. The molecule has 2 fully saturated rings. The van der Waals surface area contributed by atoms with E-state index in [0.29, 0.717) is 66.0 Å². The van der Waals surface area contributed by atoms with Gasteiger partial charge in [0.15, 0.2) is 11.5 Å². The normalized spacial score (nSPS) is 17.2. The monoisotopic (exact) mass is 608 g/mol. The number of amides is 3. The van der Waals surface area contributed by atoms with Crippen LogP contribution in [-0.4, -0.2) is 72.7 Å². The number of likely N-dealkylation sites (tertiary alicyclic amines) is 1. The van der Waals surface area contributed by atoms with Gasteiger partial charge in [-0.3, -0.25) is 14.4 Å². The number of nitrogens with zero attached hydrogens (tertiary/aromatic N) is 3. The second-order valence-electron chi connectivity index (χ2n) is 10.6. The predicted octanol–water partition coefficient (Wildman–Crippen LogP) is 4.36. The van der Waals surface area contributed by atoms with Crippen LogP contribution in [0.1, 0.15) is 28.8 Å². The van der Waals surface area contributed by atoms with E-state index in [4.69, 9.17) is 32.7 Å². The van der Waals surface area contributed by atoms with Gasteiger partial charge in [-0.1, -0.05) is 47.5 Å². The van der Waals surface area contributed by atoms with Gasteiger partial charge in [-0.15, -0.1) is 0 Å². The van der Waals surface area contributed by atoms with Crippen LogP contribution in [0.2, 0.25) is 10.0 Å². The molecule has 3 aliphatic heterocycles. The summed E-state index contributed by atoms with van der Waals surface area (Å²) < 4.78 is 10.8. The van der Waals surface area contributed by atoms with Crippen LogP contribution >= 0.6 is 23.2 Å². The number of hydrogen-bond acceptors (Lipinski definition) is 6. The van der Waals surface area contributed by atoms with Gasteiger partial charge in [0, 0.05) is 40.9 Å². The molecule has 0 bridgehead atoms. The zero-order chi connectivity index (χ0) is 29.3. The average molecular weight is 610 g/mol. The molecule has 1 spiro atoms. The van der Waals surface area contributed by atoms with Crippen molar-refractivity contribution in [2.24, 2.45) is 0 Å². The molecule has 42 heavy (non-hydrogen) atoms. The SMILES string of the molecule is O=C(CN1CN(c2ccccc2)C2(CCN(C(=O)c3ccc4c(c3)OCO4)CC2)C1=O)NCCc1ccc(Cl)cc1Cl. The van der Waals surface area contributed by atoms with Crippen LogP contribution in [0, 0.1) is 0 Å². The van der Waals surface area contributed by atoms with E-state index in [1.807, 2.05) is 36.4 Å². The van der Waals surface area contributed by atoms with Crippen molar-refractivity contribution in [1.82, 2.24) is 15.1 Å². The van der Waals surface area contributed by atoms with Gasteiger partial charge in [-0.25, -0.2) is 0 Å². The molecule has 0 saturated carbocycles. The number of benzene rings is 3. The van der Waals surface area contributed by atoms with Crippen molar-refractivity contribution in [3.63, 3.8) is 0 Å². The first-order valence-electron chi connectivity index (χ1n) is 13.9. The smallest absolute Gasteiger partial charge is 0.253 e. The fourth-order valence-corrected chi connectivity index (χ4v) is 6.41.